The predicted octanol–water partition coefficient (Wildman–Crippen LogP) is 1.16. The zero-order chi connectivity index (χ0) is 19.5. The maximum Gasteiger partial charge on any atom is 0.276 e. The van der Waals surface area contributed by atoms with E-state index in [9.17, 15) is 9.59 Å². The summed E-state index contributed by atoms with van der Waals surface area (Å²) < 4.78 is 10.4. The number of likely N-dealkylation sites (tertiary alicyclic amines) is 2. The minimum atomic E-state index is -0.0469. The van der Waals surface area contributed by atoms with Crippen LogP contribution in [0.3, 0.4) is 0 Å². The lowest BCUT2D eigenvalue weighted by molar-refractivity contribution is -0.141. The van der Waals surface area contributed by atoms with Gasteiger partial charge in [-0.05, 0) is 39.2 Å². The van der Waals surface area contributed by atoms with E-state index in [4.69, 9.17) is 9.26 Å². The summed E-state index contributed by atoms with van der Waals surface area (Å²) in [6, 6.07) is 2.14. The van der Waals surface area contributed by atoms with Crippen LogP contribution in [0.2, 0.25) is 0 Å². The molecule has 0 saturated carbocycles. The van der Waals surface area contributed by atoms with Crippen LogP contribution in [0.4, 0.5) is 0 Å². The number of hydrogen-bond acceptors (Lipinski definition) is 6. The predicted molar refractivity (Wildman–Crippen MR) is 102 cm³/mol. The molecule has 1 aromatic rings. The summed E-state index contributed by atoms with van der Waals surface area (Å²) in [6.45, 7) is 7.89. The Kier molecular flexibility index (Phi) is 5.96. The van der Waals surface area contributed by atoms with Crippen molar-refractivity contribution in [3.05, 3.63) is 17.5 Å². The quantitative estimate of drug-likeness (QED) is 0.771. The number of nitrogens with zero attached hydrogens (tertiary/aromatic N) is 4. The summed E-state index contributed by atoms with van der Waals surface area (Å²) >= 11 is 0. The summed E-state index contributed by atoms with van der Waals surface area (Å²) in [5.74, 6) is 1.00. The van der Waals surface area contributed by atoms with Gasteiger partial charge in [0.2, 0.25) is 5.91 Å². The number of hydrogen-bond donors (Lipinski definition) is 0. The first-order valence-electron chi connectivity index (χ1n) is 10.4. The van der Waals surface area contributed by atoms with Gasteiger partial charge in [0.25, 0.3) is 5.91 Å². The molecule has 8 heteroatoms. The Hall–Kier alpha value is -1.93. The molecule has 0 N–H and O–H groups in total. The molecule has 154 valence electrons. The van der Waals surface area contributed by atoms with E-state index >= 15 is 0 Å². The molecule has 3 fully saturated rings. The van der Waals surface area contributed by atoms with E-state index in [1.807, 2.05) is 9.80 Å². The van der Waals surface area contributed by atoms with Gasteiger partial charge >= 0.3 is 0 Å². The highest BCUT2D eigenvalue weighted by Gasteiger charge is 2.34. The third kappa shape index (κ3) is 4.22. The molecule has 1 atom stereocenters. The Labute approximate surface area is 165 Å². The molecule has 0 unspecified atom stereocenters. The minimum absolute atomic E-state index is 0.0469. The molecule has 0 radical (unpaired) electrons. The number of carbonyl (C=O) groups excluding carboxylic acids is 2. The molecular formula is C20H30N4O4. The van der Waals surface area contributed by atoms with E-state index in [-0.39, 0.29) is 11.8 Å². The van der Waals surface area contributed by atoms with Crippen molar-refractivity contribution >= 4 is 11.8 Å². The molecule has 3 saturated heterocycles. The highest BCUT2D eigenvalue weighted by molar-refractivity contribution is 5.92. The molecular weight excluding hydrogens is 360 g/mol. The second-order valence-corrected chi connectivity index (χ2v) is 8.12. The average Bonchev–Trinajstić information content (AvgIpc) is 3.20. The van der Waals surface area contributed by atoms with Crippen LogP contribution in [0.25, 0.3) is 0 Å². The molecule has 4 heterocycles. The third-order valence-corrected chi connectivity index (χ3v) is 6.24. The zero-order valence-electron chi connectivity index (χ0n) is 16.6. The summed E-state index contributed by atoms with van der Waals surface area (Å²) in [5, 5.41) is 3.85. The van der Waals surface area contributed by atoms with E-state index in [1.54, 1.807) is 13.0 Å². The van der Waals surface area contributed by atoms with Gasteiger partial charge in [-0.1, -0.05) is 5.16 Å². The van der Waals surface area contributed by atoms with Crippen molar-refractivity contribution in [2.24, 2.45) is 5.92 Å². The average molecular weight is 390 g/mol. The first-order chi connectivity index (χ1) is 13.6. The van der Waals surface area contributed by atoms with Crippen LogP contribution in [0.15, 0.2) is 10.6 Å². The van der Waals surface area contributed by atoms with Crippen molar-refractivity contribution in [3.8, 4) is 0 Å². The fourth-order valence-corrected chi connectivity index (χ4v) is 4.64. The largest absolute Gasteiger partial charge is 0.378 e. The summed E-state index contributed by atoms with van der Waals surface area (Å²) in [7, 11) is 0. The van der Waals surface area contributed by atoms with Crippen LogP contribution >= 0.6 is 0 Å². The van der Waals surface area contributed by atoms with Gasteiger partial charge in [0.15, 0.2) is 5.69 Å². The van der Waals surface area contributed by atoms with Gasteiger partial charge in [0.1, 0.15) is 5.76 Å². The van der Waals surface area contributed by atoms with Crippen LogP contribution in [0, 0.1) is 12.8 Å². The SMILES string of the molecule is Cc1cc(C(=O)N2CCC(N3CCC[C@H](C(=O)N4CCOCC4)C3)CC2)no1. The van der Waals surface area contributed by atoms with Gasteiger partial charge < -0.3 is 19.1 Å². The Morgan fingerprint density at radius 3 is 2.46 bits per heavy atom. The Morgan fingerprint density at radius 1 is 1.04 bits per heavy atom. The molecule has 3 aliphatic heterocycles. The molecule has 2 amide bonds. The maximum atomic E-state index is 12.9. The standard InChI is InChI=1S/C20H30N4O4/c1-15-13-18(21-28-15)20(26)22-7-4-17(5-8-22)24-6-2-3-16(14-24)19(25)23-9-11-27-12-10-23/h13,16-17H,2-12,14H2,1H3/t16-/m0/s1. The van der Waals surface area contributed by atoms with Crippen LogP contribution in [-0.2, 0) is 9.53 Å². The first-order valence-corrected chi connectivity index (χ1v) is 10.4. The maximum absolute atomic E-state index is 12.9. The molecule has 4 rings (SSSR count). The monoisotopic (exact) mass is 390 g/mol. The van der Waals surface area contributed by atoms with Crippen molar-refractivity contribution in [2.75, 3.05) is 52.5 Å². The number of piperidine rings is 2. The van der Waals surface area contributed by atoms with Gasteiger partial charge in [-0.25, -0.2) is 0 Å². The van der Waals surface area contributed by atoms with Crippen LogP contribution in [0.1, 0.15) is 41.9 Å². The lowest BCUT2D eigenvalue weighted by Crippen LogP contribution is -2.53. The molecule has 0 spiro atoms. The Morgan fingerprint density at radius 2 is 1.79 bits per heavy atom. The van der Waals surface area contributed by atoms with Crippen molar-refractivity contribution in [1.82, 2.24) is 19.9 Å². The molecule has 8 nitrogen and oxygen atoms in total. The van der Waals surface area contributed by atoms with Crippen LogP contribution in [0.5, 0.6) is 0 Å². The fraction of sp³-hybridized carbons (Fsp3) is 0.750. The number of ether oxygens (including phenoxy) is 1. The Balaban J connectivity index is 1.29. The fourth-order valence-electron chi connectivity index (χ4n) is 4.64. The van der Waals surface area contributed by atoms with Crippen molar-refractivity contribution in [2.45, 2.75) is 38.6 Å². The molecule has 0 aliphatic carbocycles. The van der Waals surface area contributed by atoms with Crippen LogP contribution < -0.4 is 0 Å². The number of aryl methyl sites for hydroxylation is 1. The second-order valence-electron chi connectivity index (χ2n) is 8.12. The second kappa shape index (κ2) is 8.61. The summed E-state index contributed by atoms with van der Waals surface area (Å²) in [4.78, 5) is 31.7. The van der Waals surface area contributed by atoms with E-state index in [0.29, 0.717) is 36.6 Å². The number of aromatic nitrogens is 1. The number of carbonyl (C=O) groups is 2. The van der Waals surface area contributed by atoms with Crippen molar-refractivity contribution < 1.29 is 18.8 Å². The summed E-state index contributed by atoms with van der Waals surface area (Å²) in [5.41, 5.74) is 0.394. The third-order valence-electron chi connectivity index (χ3n) is 6.24. The highest BCUT2D eigenvalue weighted by atomic mass is 16.5. The number of morpholine rings is 1. The lowest BCUT2D eigenvalue weighted by atomic mass is 9.92. The van der Waals surface area contributed by atoms with Gasteiger partial charge in [-0.3, -0.25) is 14.5 Å². The normalized spacial score (nSPS) is 25.1. The van der Waals surface area contributed by atoms with Crippen molar-refractivity contribution in [3.63, 3.8) is 0 Å². The molecule has 28 heavy (non-hydrogen) atoms. The van der Waals surface area contributed by atoms with Gasteiger partial charge in [-0.15, -0.1) is 0 Å². The highest BCUT2D eigenvalue weighted by Crippen LogP contribution is 2.26. The van der Waals surface area contributed by atoms with Crippen LogP contribution in [-0.4, -0.2) is 90.2 Å². The van der Waals surface area contributed by atoms with E-state index in [2.05, 4.69) is 10.1 Å². The number of amides is 2. The molecule has 1 aromatic heterocycles. The topological polar surface area (TPSA) is 79.1 Å². The Bertz CT molecular complexity index is 692. The van der Waals surface area contributed by atoms with E-state index < -0.39 is 0 Å². The number of rotatable bonds is 3. The first kappa shape index (κ1) is 19.4. The molecule has 3 aliphatic rings. The molecule has 0 bridgehead atoms. The zero-order valence-corrected chi connectivity index (χ0v) is 16.6. The smallest absolute Gasteiger partial charge is 0.276 e. The lowest BCUT2D eigenvalue weighted by Gasteiger charge is -2.42. The van der Waals surface area contributed by atoms with E-state index in [0.717, 1.165) is 65.0 Å². The van der Waals surface area contributed by atoms with Gasteiger partial charge in [-0.2, -0.15) is 0 Å². The summed E-state index contributed by atoms with van der Waals surface area (Å²) in [6.07, 6.45) is 3.94. The van der Waals surface area contributed by atoms with E-state index in [1.165, 1.54) is 0 Å². The van der Waals surface area contributed by atoms with Gasteiger partial charge in [0.05, 0.1) is 19.1 Å². The minimum Gasteiger partial charge on any atom is -0.378 e. The van der Waals surface area contributed by atoms with Gasteiger partial charge in [0, 0.05) is 44.8 Å². The van der Waals surface area contributed by atoms with Crippen molar-refractivity contribution in [1.29, 1.82) is 0 Å². The molecule has 0 aromatic carbocycles.